The van der Waals surface area contributed by atoms with Crippen LogP contribution >= 0.6 is 0 Å². The Morgan fingerprint density at radius 3 is 2.52 bits per heavy atom. The fourth-order valence-electron chi connectivity index (χ4n) is 2.78. The lowest BCUT2D eigenvalue weighted by atomic mass is 9.70. The summed E-state index contributed by atoms with van der Waals surface area (Å²) in [6, 6.07) is 0. The molecule has 1 atom stereocenters. The van der Waals surface area contributed by atoms with Crippen molar-refractivity contribution in [3.63, 3.8) is 0 Å². The van der Waals surface area contributed by atoms with Crippen LogP contribution in [0.5, 0.6) is 0 Å². The molecule has 0 saturated heterocycles. The summed E-state index contributed by atoms with van der Waals surface area (Å²) in [5.41, 5.74) is 1.55. The second-order valence-corrected chi connectivity index (χ2v) is 6.31. The first-order chi connectivity index (χ1) is 10.7. The highest BCUT2D eigenvalue weighted by Crippen LogP contribution is 2.41. The van der Waals surface area contributed by atoms with Gasteiger partial charge in [-0.1, -0.05) is 23.8 Å². The first-order valence-corrected chi connectivity index (χ1v) is 7.89. The highest BCUT2D eigenvalue weighted by molar-refractivity contribution is 6.00. The third-order valence-electron chi connectivity index (χ3n) is 4.38. The molecule has 0 saturated carbocycles. The molecule has 1 aliphatic carbocycles. The summed E-state index contributed by atoms with van der Waals surface area (Å²) in [7, 11) is 1.37. The van der Waals surface area contributed by atoms with Gasteiger partial charge in [0, 0.05) is 12.8 Å². The minimum Gasteiger partial charge on any atom is -0.468 e. The molecule has 4 nitrogen and oxygen atoms in total. The Bertz CT molecular complexity index is 592. The molecule has 1 aliphatic rings. The molecular formula is C19H26O4. The van der Waals surface area contributed by atoms with Crippen LogP contribution in [0.15, 0.2) is 34.9 Å². The predicted molar refractivity (Wildman–Crippen MR) is 89.9 cm³/mol. The van der Waals surface area contributed by atoms with E-state index >= 15 is 0 Å². The minimum absolute atomic E-state index is 0.0734. The zero-order valence-corrected chi connectivity index (χ0v) is 14.7. The lowest BCUT2D eigenvalue weighted by Crippen LogP contribution is -2.35. The number of esters is 1. The Morgan fingerprint density at radius 2 is 1.96 bits per heavy atom. The molecule has 4 heteroatoms. The highest BCUT2D eigenvalue weighted by atomic mass is 16.5. The normalized spacial score (nSPS) is 22.7. The van der Waals surface area contributed by atoms with Crippen LogP contribution in [0.25, 0.3) is 0 Å². The fourth-order valence-corrected chi connectivity index (χ4v) is 2.78. The van der Waals surface area contributed by atoms with E-state index < -0.39 is 5.41 Å². The second-order valence-electron chi connectivity index (χ2n) is 6.31. The van der Waals surface area contributed by atoms with Crippen LogP contribution in [0.3, 0.4) is 0 Å². The van der Waals surface area contributed by atoms with Crippen LogP contribution in [-0.2, 0) is 19.1 Å². The molecule has 0 spiro atoms. The van der Waals surface area contributed by atoms with Gasteiger partial charge in [-0.05, 0) is 51.7 Å². The Kier molecular flexibility index (Phi) is 6.67. The molecule has 126 valence electrons. The maximum atomic E-state index is 12.2. The van der Waals surface area contributed by atoms with Crippen LogP contribution in [0.4, 0.5) is 0 Å². The largest absolute Gasteiger partial charge is 0.468 e. The molecule has 1 unspecified atom stereocenters. The second kappa shape index (κ2) is 8.04. The van der Waals surface area contributed by atoms with E-state index in [4.69, 9.17) is 4.74 Å². The molecule has 0 aliphatic heterocycles. The topological polar surface area (TPSA) is 60.4 Å². The first kappa shape index (κ1) is 19.1. The van der Waals surface area contributed by atoms with E-state index in [1.165, 1.54) is 7.11 Å². The van der Waals surface area contributed by atoms with E-state index in [0.717, 1.165) is 11.1 Å². The number of carbonyl (C=O) groups excluding carboxylic acids is 3. The third-order valence-corrected chi connectivity index (χ3v) is 4.38. The van der Waals surface area contributed by atoms with Crippen molar-refractivity contribution in [2.45, 2.75) is 53.4 Å². The number of hydrogen-bond donors (Lipinski definition) is 0. The molecule has 0 fully saturated rings. The SMILES string of the molecule is COC(=O)C1(C)CCC(=O)C(C)=C1C=CC(C)=CCCC(C)=O. The number of methoxy groups -OCH3 is 1. The molecule has 0 aromatic carbocycles. The van der Waals surface area contributed by atoms with Crippen molar-refractivity contribution in [3.05, 3.63) is 34.9 Å². The summed E-state index contributed by atoms with van der Waals surface area (Å²) in [5.74, 6) is -0.0841. The molecule has 0 amide bonds. The van der Waals surface area contributed by atoms with Gasteiger partial charge in [-0.25, -0.2) is 0 Å². The van der Waals surface area contributed by atoms with Crippen LogP contribution in [-0.4, -0.2) is 24.6 Å². The Morgan fingerprint density at radius 1 is 1.30 bits per heavy atom. The summed E-state index contributed by atoms with van der Waals surface area (Å²) in [4.78, 5) is 35.1. The molecule has 0 N–H and O–H groups in total. The lowest BCUT2D eigenvalue weighted by molar-refractivity contribution is -0.150. The van der Waals surface area contributed by atoms with Crippen LogP contribution in [0.2, 0.25) is 0 Å². The smallest absolute Gasteiger partial charge is 0.316 e. The average molecular weight is 318 g/mol. The minimum atomic E-state index is -0.789. The van der Waals surface area contributed by atoms with Gasteiger partial charge < -0.3 is 9.53 Å². The summed E-state index contributed by atoms with van der Waals surface area (Å²) in [6.45, 7) is 7.09. The third kappa shape index (κ3) is 4.75. The molecule has 0 radical (unpaired) electrons. The molecule has 0 aromatic rings. The molecule has 0 aromatic heterocycles. The van der Waals surface area contributed by atoms with Crippen molar-refractivity contribution in [3.8, 4) is 0 Å². The predicted octanol–water partition coefficient (Wildman–Crippen LogP) is 3.72. The van der Waals surface area contributed by atoms with E-state index in [2.05, 4.69) is 0 Å². The van der Waals surface area contributed by atoms with E-state index in [0.29, 0.717) is 31.3 Å². The monoisotopic (exact) mass is 318 g/mol. The molecule has 1 rings (SSSR count). The number of allylic oxidation sites excluding steroid dienone is 5. The van der Waals surface area contributed by atoms with Gasteiger partial charge in [0.25, 0.3) is 0 Å². The van der Waals surface area contributed by atoms with E-state index in [-0.39, 0.29) is 17.5 Å². The number of rotatable bonds is 6. The zero-order valence-electron chi connectivity index (χ0n) is 14.7. The van der Waals surface area contributed by atoms with Gasteiger partial charge in [-0.15, -0.1) is 0 Å². The molecular weight excluding hydrogens is 292 g/mol. The number of ketones is 2. The van der Waals surface area contributed by atoms with Crippen LogP contribution in [0, 0.1) is 5.41 Å². The fraction of sp³-hybridized carbons (Fsp3) is 0.526. The average Bonchev–Trinajstić information content (AvgIpc) is 2.50. The van der Waals surface area contributed by atoms with Crippen molar-refractivity contribution in [2.75, 3.05) is 7.11 Å². The Hall–Kier alpha value is -1.97. The van der Waals surface area contributed by atoms with E-state index in [1.807, 2.05) is 32.1 Å². The van der Waals surface area contributed by atoms with Crippen LogP contribution in [0.1, 0.15) is 53.4 Å². The number of carbonyl (C=O) groups is 3. The van der Waals surface area contributed by atoms with Gasteiger partial charge in [0.15, 0.2) is 5.78 Å². The first-order valence-electron chi connectivity index (χ1n) is 7.89. The van der Waals surface area contributed by atoms with Gasteiger partial charge in [-0.3, -0.25) is 9.59 Å². The van der Waals surface area contributed by atoms with Crippen molar-refractivity contribution in [2.24, 2.45) is 5.41 Å². The maximum Gasteiger partial charge on any atom is 0.316 e. The van der Waals surface area contributed by atoms with Gasteiger partial charge >= 0.3 is 5.97 Å². The molecule has 23 heavy (non-hydrogen) atoms. The lowest BCUT2D eigenvalue weighted by Gasteiger charge is -2.33. The number of ether oxygens (including phenoxy) is 1. The quantitative estimate of drug-likeness (QED) is 0.553. The highest BCUT2D eigenvalue weighted by Gasteiger charge is 2.42. The Labute approximate surface area is 138 Å². The molecule has 0 bridgehead atoms. The molecule has 0 heterocycles. The summed E-state index contributed by atoms with van der Waals surface area (Å²) < 4.78 is 4.93. The zero-order chi connectivity index (χ0) is 17.6. The van der Waals surface area contributed by atoms with Crippen molar-refractivity contribution >= 4 is 17.5 Å². The van der Waals surface area contributed by atoms with Crippen LogP contribution < -0.4 is 0 Å². The van der Waals surface area contributed by atoms with Crippen molar-refractivity contribution in [1.29, 1.82) is 0 Å². The summed E-state index contributed by atoms with van der Waals surface area (Å²) in [6.07, 6.45) is 7.74. The number of Topliss-reactive ketones (excluding diaryl/α,β-unsaturated/α-hetero) is 2. The summed E-state index contributed by atoms with van der Waals surface area (Å²) >= 11 is 0. The van der Waals surface area contributed by atoms with E-state index in [1.54, 1.807) is 13.8 Å². The van der Waals surface area contributed by atoms with E-state index in [9.17, 15) is 14.4 Å². The van der Waals surface area contributed by atoms with Gasteiger partial charge in [0.2, 0.25) is 0 Å². The van der Waals surface area contributed by atoms with Crippen molar-refractivity contribution in [1.82, 2.24) is 0 Å². The standard InChI is InChI=1S/C19H26O4/c1-13(7-6-8-14(2)20)9-10-16-15(3)17(21)11-12-19(16,4)18(22)23-5/h7,9-10H,6,8,11-12H2,1-5H3. The van der Waals surface area contributed by atoms with Gasteiger partial charge in [0.05, 0.1) is 12.5 Å². The van der Waals surface area contributed by atoms with Gasteiger partial charge in [-0.2, -0.15) is 0 Å². The van der Waals surface area contributed by atoms with Crippen molar-refractivity contribution < 1.29 is 19.1 Å². The number of hydrogen-bond acceptors (Lipinski definition) is 4. The van der Waals surface area contributed by atoms with Gasteiger partial charge in [0.1, 0.15) is 5.78 Å². The summed E-state index contributed by atoms with van der Waals surface area (Å²) in [5, 5.41) is 0. The Balaban J connectivity index is 3.06. The maximum absolute atomic E-state index is 12.2.